The van der Waals surface area contributed by atoms with Gasteiger partial charge in [0.15, 0.2) is 11.6 Å². The van der Waals surface area contributed by atoms with Crippen molar-refractivity contribution in [2.45, 2.75) is 12.5 Å². The zero-order valence-corrected chi connectivity index (χ0v) is 10.2. The Hall–Kier alpha value is -1.69. The number of esters is 1. The van der Waals surface area contributed by atoms with E-state index in [0.717, 1.165) is 12.1 Å². The van der Waals surface area contributed by atoms with Crippen LogP contribution in [0.4, 0.5) is 14.5 Å². The second-order valence-electron chi connectivity index (χ2n) is 3.91. The van der Waals surface area contributed by atoms with Gasteiger partial charge in [0.2, 0.25) is 0 Å². The lowest BCUT2D eigenvalue weighted by Crippen LogP contribution is -2.31. The van der Waals surface area contributed by atoms with E-state index in [9.17, 15) is 18.7 Å². The predicted octanol–water partition coefficient (Wildman–Crippen LogP) is 1.32. The molecule has 0 saturated heterocycles. The topological polar surface area (TPSA) is 49.8 Å². The van der Waals surface area contributed by atoms with Crippen LogP contribution in [-0.4, -0.2) is 37.9 Å². The lowest BCUT2D eigenvalue weighted by molar-refractivity contribution is -0.142. The monoisotopic (exact) mass is 259 g/mol. The van der Waals surface area contributed by atoms with E-state index in [0.29, 0.717) is 5.69 Å². The molecule has 0 radical (unpaired) electrons. The highest BCUT2D eigenvalue weighted by atomic mass is 19.2. The van der Waals surface area contributed by atoms with E-state index in [1.54, 1.807) is 7.05 Å². The summed E-state index contributed by atoms with van der Waals surface area (Å²) in [7, 11) is 2.83. The Morgan fingerprint density at radius 1 is 1.44 bits per heavy atom. The van der Waals surface area contributed by atoms with Gasteiger partial charge in [-0.25, -0.2) is 8.78 Å². The quantitative estimate of drug-likeness (QED) is 0.810. The number of halogens is 2. The molecule has 1 unspecified atom stereocenters. The van der Waals surface area contributed by atoms with Crippen LogP contribution in [0.1, 0.15) is 6.42 Å². The summed E-state index contributed by atoms with van der Waals surface area (Å²) in [5, 5.41) is 9.60. The number of ether oxygens (including phenoxy) is 1. The van der Waals surface area contributed by atoms with Crippen LogP contribution >= 0.6 is 0 Å². The van der Waals surface area contributed by atoms with Gasteiger partial charge in [0.05, 0.1) is 19.6 Å². The molecule has 6 heteroatoms. The number of hydrogen-bond donors (Lipinski definition) is 1. The minimum absolute atomic E-state index is 0.111. The van der Waals surface area contributed by atoms with E-state index in [1.807, 2.05) is 0 Å². The third-order valence-electron chi connectivity index (χ3n) is 2.46. The molecule has 0 aliphatic rings. The lowest BCUT2D eigenvalue weighted by atomic mass is 10.2. The highest BCUT2D eigenvalue weighted by Gasteiger charge is 2.14. The first-order chi connectivity index (χ1) is 8.43. The van der Waals surface area contributed by atoms with Gasteiger partial charge in [-0.05, 0) is 12.1 Å². The van der Waals surface area contributed by atoms with Gasteiger partial charge in [-0.3, -0.25) is 4.79 Å². The predicted molar refractivity (Wildman–Crippen MR) is 62.3 cm³/mol. The molecule has 1 aromatic rings. The molecule has 0 heterocycles. The van der Waals surface area contributed by atoms with E-state index in [4.69, 9.17) is 0 Å². The number of aliphatic hydroxyl groups is 1. The summed E-state index contributed by atoms with van der Waals surface area (Å²) in [5.74, 6) is -2.41. The van der Waals surface area contributed by atoms with Crippen molar-refractivity contribution >= 4 is 11.7 Å². The number of benzene rings is 1. The van der Waals surface area contributed by atoms with Crippen molar-refractivity contribution in [3.8, 4) is 0 Å². The van der Waals surface area contributed by atoms with Gasteiger partial charge in [-0.2, -0.15) is 0 Å². The summed E-state index contributed by atoms with van der Waals surface area (Å²) in [5.41, 5.74) is 0.415. The first kappa shape index (κ1) is 14.4. The molecule has 0 aliphatic carbocycles. The molecule has 0 aliphatic heterocycles. The van der Waals surface area contributed by atoms with Gasteiger partial charge in [0.25, 0.3) is 0 Å². The van der Waals surface area contributed by atoms with Gasteiger partial charge in [-0.1, -0.05) is 0 Å². The zero-order chi connectivity index (χ0) is 13.7. The number of rotatable bonds is 5. The minimum Gasteiger partial charge on any atom is -0.469 e. The molecule has 0 bridgehead atoms. The molecule has 0 amide bonds. The highest BCUT2D eigenvalue weighted by Crippen LogP contribution is 2.17. The van der Waals surface area contributed by atoms with Gasteiger partial charge in [0, 0.05) is 25.3 Å². The molecule has 0 spiro atoms. The second-order valence-corrected chi connectivity index (χ2v) is 3.91. The number of nitrogens with zero attached hydrogens (tertiary/aromatic N) is 1. The maximum absolute atomic E-state index is 13.0. The van der Waals surface area contributed by atoms with Crippen molar-refractivity contribution < 1.29 is 23.4 Å². The highest BCUT2D eigenvalue weighted by molar-refractivity contribution is 5.69. The van der Waals surface area contributed by atoms with Crippen LogP contribution in [0.2, 0.25) is 0 Å². The molecule has 0 aromatic heterocycles. The molecule has 1 N–H and O–H groups in total. The number of likely N-dealkylation sites (N-methyl/N-ethyl adjacent to an activating group) is 1. The molecular formula is C12H15F2NO3. The van der Waals surface area contributed by atoms with Crippen molar-refractivity contribution in [2.75, 3.05) is 25.6 Å². The summed E-state index contributed by atoms with van der Waals surface area (Å²) >= 11 is 0. The van der Waals surface area contributed by atoms with Crippen molar-refractivity contribution in [3.05, 3.63) is 29.8 Å². The molecule has 1 rings (SSSR count). The molecule has 1 aromatic carbocycles. The third kappa shape index (κ3) is 3.96. The smallest absolute Gasteiger partial charge is 0.308 e. The Balaban J connectivity index is 2.61. The zero-order valence-electron chi connectivity index (χ0n) is 10.2. The first-order valence-corrected chi connectivity index (χ1v) is 5.35. The maximum atomic E-state index is 13.0. The first-order valence-electron chi connectivity index (χ1n) is 5.35. The van der Waals surface area contributed by atoms with E-state index in [2.05, 4.69) is 4.74 Å². The van der Waals surface area contributed by atoms with Crippen LogP contribution in [-0.2, 0) is 9.53 Å². The summed E-state index contributed by atoms with van der Waals surface area (Å²) in [6.07, 6.45) is -1.08. The number of anilines is 1. The Morgan fingerprint density at radius 2 is 2.11 bits per heavy atom. The van der Waals surface area contributed by atoms with E-state index < -0.39 is 23.7 Å². The standard InChI is InChI=1S/C12H15F2NO3/c1-15(7-9(16)6-12(17)18-2)8-3-4-10(13)11(14)5-8/h3-5,9,16H,6-7H2,1-2H3. The average molecular weight is 259 g/mol. The van der Waals surface area contributed by atoms with Crippen LogP contribution in [0.15, 0.2) is 18.2 Å². The molecule has 1 atom stereocenters. The van der Waals surface area contributed by atoms with Crippen LogP contribution in [0, 0.1) is 11.6 Å². The number of carbonyl (C=O) groups is 1. The Bertz CT molecular complexity index is 426. The SMILES string of the molecule is COC(=O)CC(O)CN(C)c1ccc(F)c(F)c1. The summed E-state index contributed by atoms with van der Waals surface area (Å²) in [6.45, 7) is 0.111. The normalized spacial score (nSPS) is 12.1. The Labute approximate surface area is 104 Å². The van der Waals surface area contributed by atoms with Gasteiger partial charge < -0.3 is 14.7 Å². The van der Waals surface area contributed by atoms with Gasteiger partial charge >= 0.3 is 5.97 Å². The molecule has 100 valence electrons. The van der Waals surface area contributed by atoms with Crippen molar-refractivity contribution in [2.24, 2.45) is 0 Å². The van der Waals surface area contributed by atoms with Crippen LogP contribution in [0.3, 0.4) is 0 Å². The Morgan fingerprint density at radius 3 is 2.67 bits per heavy atom. The lowest BCUT2D eigenvalue weighted by Gasteiger charge is -2.22. The molecule has 0 saturated carbocycles. The van der Waals surface area contributed by atoms with E-state index in [1.165, 1.54) is 18.1 Å². The molecule has 18 heavy (non-hydrogen) atoms. The summed E-state index contributed by atoms with van der Waals surface area (Å²) < 4.78 is 30.2. The van der Waals surface area contributed by atoms with Gasteiger partial charge in [-0.15, -0.1) is 0 Å². The van der Waals surface area contributed by atoms with Crippen molar-refractivity contribution in [1.82, 2.24) is 0 Å². The fraction of sp³-hybridized carbons (Fsp3) is 0.417. The molecule has 4 nitrogen and oxygen atoms in total. The van der Waals surface area contributed by atoms with Crippen LogP contribution in [0.5, 0.6) is 0 Å². The fourth-order valence-corrected chi connectivity index (χ4v) is 1.48. The summed E-state index contributed by atoms with van der Waals surface area (Å²) in [4.78, 5) is 12.5. The van der Waals surface area contributed by atoms with Crippen molar-refractivity contribution in [1.29, 1.82) is 0 Å². The molecule has 0 fully saturated rings. The number of aliphatic hydroxyl groups excluding tert-OH is 1. The van der Waals surface area contributed by atoms with Crippen LogP contribution in [0.25, 0.3) is 0 Å². The fourth-order valence-electron chi connectivity index (χ4n) is 1.48. The van der Waals surface area contributed by atoms with Crippen LogP contribution < -0.4 is 4.90 Å². The Kier molecular flexibility index (Phi) is 5.03. The minimum atomic E-state index is -0.957. The second kappa shape index (κ2) is 6.30. The van der Waals surface area contributed by atoms with Gasteiger partial charge in [0.1, 0.15) is 0 Å². The summed E-state index contributed by atoms with van der Waals surface area (Å²) in [6, 6.07) is 3.43. The third-order valence-corrected chi connectivity index (χ3v) is 2.46. The number of carbonyl (C=O) groups excluding carboxylic acids is 1. The number of hydrogen-bond acceptors (Lipinski definition) is 4. The van der Waals surface area contributed by atoms with Crippen molar-refractivity contribution in [3.63, 3.8) is 0 Å². The van der Waals surface area contributed by atoms with E-state index >= 15 is 0 Å². The molecular weight excluding hydrogens is 244 g/mol. The average Bonchev–Trinajstić information content (AvgIpc) is 2.32. The largest absolute Gasteiger partial charge is 0.469 e. The maximum Gasteiger partial charge on any atom is 0.308 e. The van der Waals surface area contributed by atoms with E-state index in [-0.39, 0.29) is 13.0 Å². The number of methoxy groups -OCH3 is 1.